The van der Waals surface area contributed by atoms with Crippen LogP contribution in [0.5, 0.6) is 0 Å². The van der Waals surface area contributed by atoms with Crippen molar-refractivity contribution in [3.05, 3.63) is 0 Å². The summed E-state index contributed by atoms with van der Waals surface area (Å²) in [5.74, 6) is -0.000116. The van der Waals surface area contributed by atoms with Gasteiger partial charge >= 0.3 is 0 Å². The lowest BCUT2D eigenvalue weighted by Gasteiger charge is -2.41. The Labute approximate surface area is 127 Å². The molecule has 21 heavy (non-hydrogen) atoms. The first kappa shape index (κ1) is 16.2. The van der Waals surface area contributed by atoms with Crippen molar-refractivity contribution in [1.82, 2.24) is 14.7 Å². The summed E-state index contributed by atoms with van der Waals surface area (Å²) >= 11 is 0. The molecule has 1 atom stereocenters. The van der Waals surface area contributed by atoms with E-state index >= 15 is 0 Å². The summed E-state index contributed by atoms with van der Waals surface area (Å²) in [6, 6.07) is 0. The van der Waals surface area contributed by atoms with Gasteiger partial charge in [0.05, 0.1) is 19.1 Å². The lowest BCUT2D eigenvalue weighted by molar-refractivity contribution is -0.145. The minimum Gasteiger partial charge on any atom is -0.380 e. The highest BCUT2D eigenvalue weighted by atomic mass is 16.5. The van der Waals surface area contributed by atoms with Crippen LogP contribution in [0.15, 0.2) is 0 Å². The van der Waals surface area contributed by atoms with Gasteiger partial charge in [0, 0.05) is 45.1 Å². The summed E-state index contributed by atoms with van der Waals surface area (Å²) in [5, 5.41) is 0. The van der Waals surface area contributed by atoms with E-state index in [0.717, 1.165) is 6.54 Å². The molecule has 2 rings (SSSR count). The lowest BCUT2D eigenvalue weighted by Crippen LogP contribution is -2.50. The smallest absolute Gasteiger partial charge is 0.227 e. The zero-order valence-corrected chi connectivity index (χ0v) is 13.6. The summed E-state index contributed by atoms with van der Waals surface area (Å²) in [4.78, 5) is 30.1. The monoisotopic (exact) mass is 297 g/mol. The highest BCUT2D eigenvalue weighted by Crippen LogP contribution is 2.28. The minimum atomic E-state index is -0.186. The molecular formula is C15H27N3O3. The second-order valence-corrected chi connectivity index (χ2v) is 7.04. The molecule has 0 aromatic rings. The molecule has 6 nitrogen and oxygen atoms in total. The molecule has 0 unspecified atom stereocenters. The van der Waals surface area contributed by atoms with Crippen LogP contribution in [-0.4, -0.2) is 87.0 Å². The van der Waals surface area contributed by atoms with Crippen molar-refractivity contribution in [2.24, 2.45) is 11.3 Å². The van der Waals surface area contributed by atoms with Crippen LogP contribution in [0.2, 0.25) is 0 Å². The minimum absolute atomic E-state index is 0.0810. The molecule has 0 spiro atoms. The molecule has 0 N–H and O–H groups in total. The Morgan fingerprint density at radius 1 is 1.38 bits per heavy atom. The van der Waals surface area contributed by atoms with Crippen LogP contribution in [0.1, 0.15) is 13.3 Å². The number of hydrogen-bond acceptors (Lipinski definition) is 4. The molecule has 2 aliphatic heterocycles. The molecule has 0 aromatic carbocycles. The fraction of sp³-hybridized carbons (Fsp3) is 0.867. The Morgan fingerprint density at radius 2 is 2.05 bits per heavy atom. The second kappa shape index (κ2) is 6.32. The molecule has 0 aliphatic carbocycles. The summed E-state index contributed by atoms with van der Waals surface area (Å²) in [7, 11) is 5.80. The van der Waals surface area contributed by atoms with Crippen LogP contribution < -0.4 is 0 Å². The molecule has 2 amide bonds. The number of carbonyl (C=O) groups excluding carboxylic acids is 2. The molecule has 6 heteroatoms. The SMILES string of the molecule is CN(C)CCN1C[C@@H](C(=O)N(C)CC2(C)COC2)CC1=O. The average molecular weight is 297 g/mol. The number of amides is 2. The number of likely N-dealkylation sites (tertiary alicyclic amines) is 1. The molecule has 2 saturated heterocycles. The maximum atomic E-state index is 12.5. The second-order valence-electron chi connectivity index (χ2n) is 7.04. The Bertz CT molecular complexity index is 407. The zero-order valence-electron chi connectivity index (χ0n) is 13.6. The van der Waals surface area contributed by atoms with E-state index < -0.39 is 0 Å². The van der Waals surface area contributed by atoms with Crippen LogP contribution in [-0.2, 0) is 14.3 Å². The largest absolute Gasteiger partial charge is 0.380 e. The van der Waals surface area contributed by atoms with Gasteiger partial charge in [0.2, 0.25) is 11.8 Å². The Kier molecular flexibility index (Phi) is 4.88. The first-order valence-electron chi connectivity index (χ1n) is 7.56. The number of ether oxygens (including phenoxy) is 1. The van der Waals surface area contributed by atoms with Crippen LogP contribution >= 0.6 is 0 Å². The van der Waals surface area contributed by atoms with E-state index in [0.29, 0.717) is 39.3 Å². The Hall–Kier alpha value is -1.14. The predicted octanol–water partition coefficient (Wildman–Crippen LogP) is -0.109. The van der Waals surface area contributed by atoms with Crippen molar-refractivity contribution in [3.63, 3.8) is 0 Å². The van der Waals surface area contributed by atoms with Crippen LogP contribution in [0.4, 0.5) is 0 Å². The molecule has 2 heterocycles. The number of rotatable bonds is 6. The number of likely N-dealkylation sites (N-methyl/N-ethyl adjacent to an activating group) is 1. The molecule has 120 valence electrons. The van der Waals surface area contributed by atoms with E-state index in [9.17, 15) is 9.59 Å². The van der Waals surface area contributed by atoms with Gasteiger partial charge in [-0.05, 0) is 14.1 Å². The van der Waals surface area contributed by atoms with Crippen molar-refractivity contribution in [2.75, 3.05) is 60.5 Å². The first-order chi connectivity index (χ1) is 9.81. The lowest BCUT2D eigenvalue weighted by atomic mass is 9.88. The number of nitrogens with zero attached hydrogens (tertiary/aromatic N) is 3. The summed E-state index contributed by atoms with van der Waals surface area (Å²) in [6.45, 7) is 6.34. The number of hydrogen-bond donors (Lipinski definition) is 0. The van der Waals surface area contributed by atoms with Crippen molar-refractivity contribution in [1.29, 1.82) is 0 Å². The molecule has 0 aromatic heterocycles. The molecular weight excluding hydrogens is 270 g/mol. The summed E-state index contributed by atoms with van der Waals surface area (Å²) in [5.41, 5.74) is 0.0810. The summed E-state index contributed by atoms with van der Waals surface area (Å²) < 4.78 is 5.23. The van der Waals surface area contributed by atoms with E-state index in [-0.39, 0.29) is 23.1 Å². The third kappa shape index (κ3) is 3.95. The highest BCUT2D eigenvalue weighted by Gasteiger charge is 2.39. The fourth-order valence-electron chi connectivity index (χ4n) is 2.98. The van der Waals surface area contributed by atoms with Crippen molar-refractivity contribution < 1.29 is 14.3 Å². The van der Waals surface area contributed by atoms with E-state index in [1.165, 1.54) is 0 Å². The standard InChI is InChI=1S/C15H27N3O3/c1-15(10-21-11-15)9-17(4)14(20)12-7-13(19)18(8-12)6-5-16(2)3/h12H,5-11H2,1-4H3/t12-/m0/s1. The van der Waals surface area contributed by atoms with Gasteiger partial charge in [-0.2, -0.15) is 0 Å². The van der Waals surface area contributed by atoms with Gasteiger partial charge < -0.3 is 19.4 Å². The van der Waals surface area contributed by atoms with Crippen molar-refractivity contribution in [2.45, 2.75) is 13.3 Å². The van der Waals surface area contributed by atoms with E-state index in [2.05, 4.69) is 6.92 Å². The molecule has 0 saturated carbocycles. The van der Waals surface area contributed by atoms with Gasteiger partial charge in [0.1, 0.15) is 0 Å². The maximum absolute atomic E-state index is 12.5. The van der Waals surface area contributed by atoms with Gasteiger partial charge in [0.25, 0.3) is 0 Å². The van der Waals surface area contributed by atoms with Gasteiger partial charge in [-0.1, -0.05) is 6.92 Å². The van der Waals surface area contributed by atoms with Gasteiger partial charge in [-0.3, -0.25) is 9.59 Å². The van der Waals surface area contributed by atoms with E-state index in [1.807, 2.05) is 30.9 Å². The first-order valence-corrected chi connectivity index (χ1v) is 7.56. The molecule has 2 fully saturated rings. The van der Waals surface area contributed by atoms with Crippen LogP contribution in [0.3, 0.4) is 0 Å². The van der Waals surface area contributed by atoms with Crippen LogP contribution in [0.25, 0.3) is 0 Å². The zero-order chi connectivity index (χ0) is 15.6. The van der Waals surface area contributed by atoms with E-state index in [1.54, 1.807) is 4.90 Å². The fourth-order valence-corrected chi connectivity index (χ4v) is 2.98. The van der Waals surface area contributed by atoms with Crippen LogP contribution in [0, 0.1) is 11.3 Å². The topological polar surface area (TPSA) is 53.1 Å². The molecule has 0 bridgehead atoms. The quantitative estimate of drug-likeness (QED) is 0.686. The van der Waals surface area contributed by atoms with Gasteiger partial charge in [0.15, 0.2) is 0 Å². The predicted molar refractivity (Wildman–Crippen MR) is 79.8 cm³/mol. The molecule has 0 radical (unpaired) electrons. The van der Waals surface area contributed by atoms with Crippen molar-refractivity contribution >= 4 is 11.8 Å². The number of carbonyl (C=O) groups is 2. The maximum Gasteiger partial charge on any atom is 0.227 e. The third-order valence-corrected chi connectivity index (χ3v) is 4.28. The third-order valence-electron chi connectivity index (χ3n) is 4.28. The van der Waals surface area contributed by atoms with Crippen molar-refractivity contribution in [3.8, 4) is 0 Å². The van der Waals surface area contributed by atoms with E-state index in [4.69, 9.17) is 4.74 Å². The molecule has 2 aliphatic rings. The Morgan fingerprint density at radius 3 is 2.57 bits per heavy atom. The van der Waals surface area contributed by atoms with Gasteiger partial charge in [-0.15, -0.1) is 0 Å². The average Bonchev–Trinajstić information content (AvgIpc) is 2.74. The highest BCUT2D eigenvalue weighted by molar-refractivity contribution is 5.89. The normalized spacial score (nSPS) is 24.3. The summed E-state index contributed by atoms with van der Waals surface area (Å²) in [6.07, 6.45) is 0.351. The van der Waals surface area contributed by atoms with Gasteiger partial charge in [-0.25, -0.2) is 0 Å². The Balaban J connectivity index is 1.84.